The molecule has 1 amide bonds. The van der Waals surface area contributed by atoms with E-state index in [0.29, 0.717) is 5.56 Å². The first-order chi connectivity index (χ1) is 12.3. The highest BCUT2D eigenvalue weighted by Gasteiger charge is 2.12. The maximum atomic E-state index is 12.5. The molecule has 2 heterocycles. The van der Waals surface area contributed by atoms with Gasteiger partial charge in [-0.2, -0.15) is 5.10 Å². The first kappa shape index (κ1) is 15.4. The van der Waals surface area contributed by atoms with Crippen molar-refractivity contribution in [2.45, 2.75) is 12.8 Å². The number of anilines is 2. The summed E-state index contributed by atoms with van der Waals surface area (Å²) in [5.41, 5.74) is 3.49. The third kappa shape index (κ3) is 3.40. The largest absolute Gasteiger partial charge is 0.372 e. The topological polar surface area (TPSA) is 50.2 Å². The fourth-order valence-electron chi connectivity index (χ4n) is 3.15. The Bertz CT molecular complexity index is 850. The molecule has 25 heavy (non-hydrogen) atoms. The summed E-state index contributed by atoms with van der Waals surface area (Å²) in [6.45, 7) is 2.23. The average molecular weight is 332 g/mol. The van der Waals surface area contributed by atoms with Gasteiger partial charge in [0.1, 0.15) is 0 Å². The minimum Gasteiger partial charge on any atom is -0.372 e. The van der Waals surface area contributed by atoms with Crippen molar-refractivity contribution in [1.29, 1.82) is 0 Å². The normalized spacial score (nSPS) is 13.8. The van der Waals surface area contributed by atoms with Crippen LogP contribution in [0.5, 0.6) is 0 Å². The molecule has 1 aliphatic heterocycles. The molecule has 0 radical (unpaired) electrons. The molecule has 1 aromatic heterocycles. The highest BCUT2D eigenvalue weighted by Crippen LogP contribution is 2.22. The molecule has 0 saturated carbocycles. The van der Waals surface area contributed by atoms with E-state index in [2.05, 4.69) is 27.4 Å². The van der Waals surface area contributed by atoms with Gasteiger partial charge in [-0.25, -0.2) is 4.68 Å². The number of amides is 1. The fourth-order valence-corrected chi connectivity index (χ4v) is 3.15. The molecule has 5 heteroatoms. The van der Waals surface area contributed by atoms with E-state index in [1.54, 1.807) is 16.9 Å². The van der Waals surface area contributed by atoms with Gasteiger partial charge in [0.25, 0.3) is 5.91 Å². The predicted octanol–water partition coefficient (Wildman–Crippen LogP) is 3.72. The van der Waals surface area contributed by atoms with Gasteiger partial charge >= 0.3 is 0 Å². The van der Waals surface area contributed by atoms with Gasteiger partial charge in [0.15, 0.2) is 0 Å². The van der Waals surface area contributed by atoms with E-state index >= 15 is 0 Å². The van der Waals surface area contributed by atoms with E-state index < -0.39 is 0 Å². The van der Waals surface area contributed by atoms with Crippen molar-refractivity contribution in [3.05, 3.63) is 72.6 Å². The molecule has 0 bridgehead atoms. The number of hydrogen-bond acceptors (Lipinski definition) is 3. The van der Waals surface area contributed by atoms with Crippen LogP contribution in [0.4, 0.5) is 11.4 Å². The second-order valence-electron chi connectivity index (χ2n) is 6.20. The van der Waals surface area contributed by atoms with E-state index in [-0.39, 0.29) is 5.91 Å². The van der Waals surface area contributed by atoms with Gasteiger partial charge in [-0.15, -0.1) is 0 Å². The van der Waals surface area contributed by atoms with Gasteiger partial charge in [-0.05, 0) is 61.4 Å². The summed E-state index contributed by atoms with van der Waals surface area (Å²) in [6.07, 6.45) is 6.08. The van der Waals surface area contributed by atoms with Crippen molar-refractivity contribution in [1.82, 2.24) is 9.78 Å². The summed E-state index contributed by atoms with van der Waals surface area (Å²) >= 11 is 0. The van der Waals surface area contributed by atoms with E-state index in [4.69, 9.17) is 0 Å². The molecular formula is C20H20N4O. The quantitative estimate of drug-likeness (QED) is 0.792. The molecule has 1 fully saturated rings. The molecule has 3 aromatic rings. The van der Waals surface area contributed by atoms with E-state index in [1.165, 1.54) is 18.5 Å². The molecule has 0 aliphatic carbocycles. The SMILES string of the molecule is O=C(Nc1ccc(N2CCCC2)cc1)c1cccc(-n2cccn2)c1. The van der Waals surface area contributed by atoms with Crippen molar-refractivity contribution in [3.63, 3.8) is 0 Å². The maximum absolute atomic E-state index is 12.5. The lowest BCUT2D eigenvalue weighted by molar-refractivity contribution is 0.102. The van der Waals surface area contributed by atoms with Crippen molar-refractivity contribution in [2.24, 2.45) is 0 Å². The zero-order chi connectivity index (χ0) is 17.1. The van der Waals surface area contributed by atoms with Crippen LogP contribution in [0.1, 0.15) is 23.2 Å². The van der Waals surface area contributed by atoms with Crippen LogP contribution >= 0.6 is 0 Å². The number of nitrogens with zero attached hydrogens (tertiary/aromatic N) is 3. The Hall–Kier alpha value is -3.08. The molecule has 4 rings (SSSR count). The van der Waals surface area contributed by atoms with Crippen LogP contribution in [0.2, 0.25) is 0 Å². The second-order valence-corrected chi connectivity index (χ2v) is 6.20. The number of nitrogens with one attached hydrogen (secondary N) is 1. The molecule has 2 aromatic carbocycles. The highest BCUT2D eigenvalue weighted by molar-refractivity contribution is 6.04. The van der Waals surface area contributed by atoms with Crippen molar-refractivity contribution in [2.75, 3.05) is 23.3 Å². The average Bonchev–Trinajstić information content (AvgIpc) is 3.36. The predicted molar refractivity (Wildman–Crippen MR) is 99.4 cm³/mol. The van der Waals surface area contributed by atoms with Gasteiger partial charge in [0.2, 0.25) is 0 Å². The van der Waals surface area contributed by atoms with Crippen LogP contribution in [0, 0.1) is 0 Å². The number of rotatable bonds is 4. The molecule has 0 atom stereocenters. The summed E-state index contributed by atoms with van der Waals surface area (Å²) in [4.78, 5) is 14.9. The Morgan fingerprint density at radius 2 is 1.76 bits per heavy atom. The van der Waals surface area contributed by atoms with Crippen LogP contribution in [0.3, 0.4) is 0 Å². The summed E-state index contributed by atoms with van der Waals surface area (Å²) in [5.74, 6) is -0.122. The number of carbonyl (C=O) groups is 1. The van der Waals surface area contributed by atoms with Gasteiger partial charge in [0.05, 0.1) is 5.69 Å². The van der Waals surface area contributed by atoms with E-state index in [0.717, 1.165) is 24.5 Å². The second kappa shape index (κ2) is 6.81. The number of carbonyl (C=O) groups excluding carboxylic acids is 1. The first-order valence-corrected chi connectivity index (χ1v) is 8.56. The Balaban J connectivity index is 1.47. The smallest absolute Gasteiger partial charge is 0.255 e. The Morgan fingerprint density at radius 3 is 2.48 bits per heavy atom. The van der Waals surface area contributed by atoms with Crippen molar-refractivity contribution in [3.8, 4) is 5.69 Å². The van der Waals surface area contributed by atoms with Crippen molar-refractivity contribution >= 4 is 17.3 Å². The fraction of sp³-hybridized carbons (Fsp3) is 0.200. The zero-order valence-electron chi connectivity index (χ0n) is 13.9. The van der Waals surface area contributed by atoms with Crippen LogP contribution in [0.25, 0.3) is 5.69 Å². The Morgan fingerprint density at radius 1 is 0.960 bits per heavy atom. The molecule has 126 valence electrons. The Kier molecular flexibility index (Phi) is 4.21. The standard InChI is InChI=1S/C20H20N4O/c25-20(16-5-3-6-19(15-16)24-14-4-11-21-24)22-17-7-9-18(10-8-17)23-12-1-2-13-23/h3-11,14-15H,1-2,12-13H2,(H,22,25). The number of hydrogen-bond donors (Lipinski definition) is 1. The Labute approximate surface area is 146 Å². The van der Waals surface area contributed by atoms with E-state index in [1.807, 2.05) is 42.6 Å². The summed E-state index contributed by atoms with van der Waals surface area (Å²) in [6, 6.07) is 17.3. The summed E-state index contributed by atoms with van der Waals surface area (Å²) in [7, 11) is 0. The third-order valence-corrected chi connectivity index (χ3v) is 4.47. The summed E-state index contributed by atoms with van der Waals surface area (Å²) < 4.78 is 1.74. The van der Waals surface area contributed by atoms with Crippen LogP contribution in [-0.4, -0.2) is 28.8 Å². The van der Waals surface area contributed by atoms with Gasteiger partial charge < -0.3 is 10.2 Å². The van der Waals surface area contributed by atoms with Crippen LogP contribution < -0.4 is 10.2 Å². The van der Waals surface area contributed by atoms with Crippen molar-refractivity contribution < 1.29 is 4.79 Å². The minimum atomic E-state index is -0.122. The third-order valence-electron chi connectivity index (χ3n) is 4.47. The monoisotopic (exact) mass is 332 g/mol. The zero-order valence-corrected chi connectivity index (χ0v) is 13.9. The first-order valence-electron chi connectivity index (χ1n) is 8.56. The number of aromatic nitrogens is 2. The van der Waals surface area contributed by atoms with Crippen LogP contribution in [0.15, 0.2) is 67.0 Å². The highest BCUT2D eigenvalue weighted by atomic mass is 16.1. The minimum absolute atomic E-state index is 0.122. The lowest BCUT2D eigenvalue weighted by Gasteiger charge is -2.17. The van der Waals surface area contributed by atoms with Gasteiger partial charge in [0, 0.05) is 42.4 Å². The van der Waals surface area contributed by atoms with Crippen LogP contribution in [-0.2, 0) is 0 Å². The molecular weight excluding hydrogens is 312 g/mol. The lowest BCUT2D eigenvalue weighted by Crippen LogP contribution is -2.17. The van der Waals surface area contributed by atoms with Gasteiger partial charge in [-0.1, -0.05) is 6.07 Å². The molecule has 5 nitrogen and oxygen atoms in total. The molecule has 1 N–H and O–H groups in total. The van der Waals surface area contributed by atoms with Gasteiger partial charge in [-0.3, -0.25) is 4.79 Å². The number of benzene rings is 2. The lowest BCUT2D eigenvalue weighted by atomic mass is 10.2. The molecule has 0 unspecified atom stereocenters. The molecule has 1 aliphatic rings. The molecule has 1 saturated heterocycles. The summed E-state index contributed by atoms with van der Waals surface area (Å²) in [5, 5.41) is 7.16. The molecule has 0 spiro atoms. The van der Waals surface area contributed by atoms with E-state index in [9.17, 15) is 4.79 Å². The maximum Gasteiger partial charge on any atom is 0.255 e.